The third-order valence-corrected chi connectivity index (χ3v) is 3.94. The van der Waals surface area contributed by atoms with Gasteiger partial charge in [-0.15, -0.1) is 10.2 Å². The van der Waals surface area contributed by atoms with Crippen LogP contribution in [0.2, 0.25) is 0 Å². The van der Waals surface area contributed by atoms with Crippen molar-refractivity contribution in [3.63, 3.8) is 0 Å². The molecule has 0 radical (unpaired) electrons. The van der Waals surface area contributed by atoms with Crippen molar-refractivity contribution in [2.45, 2.75) is 18.2 Å². The molecule has 0 fully saturated rings. The first-order valence-electron chi connectivity index (χ1n) is 6.59. The number of rotatable bonds is 7. The lowest BCUT2D eigenvalue weighted by Crippen LogP contribution is -2.36. The number of halogens is 1. The van der Waals surface area contributed by atoms with Gasteiger partial charge in [0.05, 0.1) is 12.4 Å². The van der Waals surface area contributed by atoms with Gasteiger partial charge in [0.2, 0.25) is 11.8 Å². The molecule has 2 rings (SSSR count). The smallest absolute Gasteiger partial charge is 0.277 e. The summed E-state index contributed by atoms with van der Waals surface area (Å²) in [6.07, 6.45) is 0. The fourth-order valence-electron chi connectivity index (χ4n) is 1.74. The summed E-state index contributed by atoms with van der Waals surface area (Å²) in [5.41, 5.74) is 0.826. The van der Waals surface area contributed by atoms with Crippen LogP contribution in [-0.2, 0) is 9.53 Å². The van der Waals surface area contributed by atoms with Crippen LogP contribution in [0, 0.1) is 0 Å². The molecule has 0 spiro atoms. The minimum atomic E-state index is -0.100. The highest BCUT2D eigenvalue weighted by atomic mass is 79.9. The van der Waals surface area contributed by atoms with Crippen molar-refractivity contribution in [1.82, 2.24) is 15.5 Å². The summed E-state index contributed by atoms with van der Waals surface area (Å²) in [5, 5.41) is 11.1. The lowest BCUT2D eigenvalue weighted by Gasteiger charge is -2.11. The monoisotopic (exact) mass is 385 g/mol. The van der Waals surface area contributed by atoms with Crippen LogP contribution >= 0.6 is 27.7 Å². The summed E-state index contributed by atoms with van der Waals surface area (Å²) in [6, 6.07) is 7.55. The molecule has 6 nitrogen and oxygen atoms in total. The van der Waals surface area contributed by atoms with Crippen LogP contribution in [-0.4, -0.2) is 41.6 Å². The average molecular weight is 386 g/mol. The minimum absolute atomic E-state index is 0.0296. The summed E-state index contributed by atoms with van der Waals surface area (Å²) in [6.45, 7) is 2.36. The van der Waals surface area contributed by atoms with Crippen LogP contribution in [0.4, 0.5) is 0 Å². The zero-order chi connectivity index (χ0) is 15.9. The lowest BCUT2D eigenvalue weighted by atomic mass is 10.2. The van der Waals surface area contributed by atoms with Crippen LogP contribution in [0.25, 0.3) is 11.5 Å². The van der Waals surface area contributed by atoms with Gasteiger partial charge >= 0.3 is 0 Å². The molecule has 0 aliphatic carbocycles. The van der Waals surface area contributed by atoms with E-state index in [9.17, 15) is 4.79 Å². The van der Waals surface area contributed by atoms with Crippen molar-refractivity contribution in [3.8, 4) is 11.5 Å². The van der Waals surface area contributed by atoms with Gasteiger partial charge in [0.15, 0.2) is 0 Å². The van der Waals surface area contributed by atoms with E-state index < -0.39 is 0 Å². The zero-order valence-corrected chi connectivity index (χ0v) is 14.6. The van der Waals surface area contributed by atoms with E-state index in [0.717, 1.165) is 10.0 Å². The standard InChI is InChI=1S/C14H16BrN3O3S/c1-9(7-20-2)16-12(19)8-22-14-18-17-13(21-14)10-4-3-5-11(15)6-10/h3-6,9H,7-8H2,1-2H3,(H,16,19)/t9-/m0/s1. The van der Waals surface area contributed by atoms with Crippen LogP contribution < -0.4 is 5.32 Å². The number of methoxy groups -OCH3 is 1. The second kappa shape index (κ2) is 8.30. The van der Waals surface area contributed by atoms with E-state index in [0.29, 0.717) is 17.7 Å². The molecule has 8 heteroatoms. The van der Waals surface area contributed by atoms with Crippen LogP contribution in [0.15, 0.2) is 38.4 Å². The average Bonchev–Trinajstić information content (AvgIpc) is 2.94. The minimum Gasteiger partial charge on any atom is -0.411 e. The van der Waals surface area contributed by atoms with Crippen molar-refractivity contribution in [3.05, 3.63) is 28.7 Å². The van der Waals surface area contributed by atoms with Crippen LogP contribution in [0.3, 0.4) is 0 Å². The predicted molar refractivity (Wildman–Crippen MR) is 87.6 cm³/mol. The third kappa shape index (κ3) is 5.11. The van der Waals surface area contributed by atoms with Gasteiger partial charge in [-0.05, 0) is 25.1 Å². The number of amides is 1. The molecule has 0 saturated heterocycles. The molecule has 0 aliphatic rings. The van der Waals surface area contributed by atoms with E-state index in [1.54, 1.807) is 7.11 Å². The van der Waals surface area contributed by atoms with E-state index >= 15 is 0 Å². The Morgan fingerprint density at radius 1 is 1.50 bits per heavy atom. The summed E-state index contributed by atoms with van der Waals surface area (Å²) in [7, 11) is 1.60. The number of nitrogens with one attached hydrogen (secondary N) is 1. The fraction of sp³-hybridized carbons (Fsp3) is 0.357. The van der Waals surface area contributed by atoms with E-state index in [4.69, 9.17) is 9.15 Å². The Morgan fingerprint density at radius 3 is 3.05 bits per heavy atom. The molecule has 22 heavy (non-hydrogen) atoms. The number of thioether (sulfide) groups is 1. The Hall–Kier alpha value is -1.38. The number of hydrogen-bond acceptors (Lipinski definition) is 6. The van der Waals surface area contributed by atoms with Crippen molar-refractivity contribution >= 4 is 33.6 Å². The number of nitrogens with zero attached hydrogens (tertiary/aromatic N) is 2. The number of carbonyl (C=O) groups excluding carboxylic acids is 1. The molecule has 118 valence electrons. The van der Waals surface area contributed by atoms with Gasteiger partial charge in [0.1, 0.15) is 0 Å². The molecular weight excluding hydrogens is 370 g/mol. The Balaban J connectivity index is 1.88. The number of ether oxygens (including phenoxy) is 1. The maximum absolute atomic E-state index is 11.7. The molecule has 2 aromatic rings. The summed E-state index contributed by atoms with van der Waals surface area (Å²) in [4.78, 5) is 11.7. The number of aromatic nitrogens is 2. The Morgan fingerprint density at radius 2 is 2.32 bits per heavy atom. The maximum atomic E-state index is 11.7. The highest BCUT2D eigenvalue weighted by Gasteiger charge is 2.12. The van der Waals surface area contributed by atoms with Gasteiger partial charge in [-0.3, -0.25) is 4.79 Å². The van der Waals surface area contributed by atoms with Crippen molar-refractivity contribution in [1.29, 1.82) is 0 Å². The largest absolute Gasteiger partial charge is 0.411 e. The molecule has 1 N–H and O–H groups in total. The lowest BCUT2D eigenvalue weighted by molar-refractivity contribution is -0.119. The van der Waals surface area contributed by atoms with Crippen LogP contribution in [0.5, 0.6) is 0 Å². The molecule has 0 saturated carbocycles. The van der Waals surface area contributed by atoms with E-state index in [1.807, 2.05) is 31.2 Å². The first kappa shape index (κ1) is 17.0. The molecule has 1 aromatic carbocycles. The van der Waals surface area contributed by atoms with Crippen molar-refractivity contribution in [2.24, 2.45) is 0 Å². The first-order valence-corrected chi connectivity index (χ1v) is 8.37. The SMILES string of the molecule is COC[C@H](C)NC(=O)CSc1nnc(-c2cccc(Br)c2)o1. The van der Waals surface area contributed by atoms with Crippen molar-refractivity contribution in [2.75, 3.05) is 19.5 Å². The van der Waals surface area contributed by atoms with Gasteiger partial charge in [0, 0.05) is 23.2 Å². The second-order valence-corrected chi connectivity index (χ2v) is 6.44. The summed E-state index contributed by atoms with van der Waals surface area (Å²) >= 11 is 4.60. The van der Waals surface area contributed by atoms with E-state index in [1.165, 1.54) is 11.8 Å². The topological polar surface area (TPSA) is 77.2 Å². The number of benzene rings is 1. The molecule has 1 aromatic heterocycles. The Bertz CT molecular complexity index is 635. The van der Waals surface area contributed by atoms with Gasteiger partial charge in [-0.2, -0.15) is 0 Å². The Kier molecular flexibility index (Phi) is 6.41. The van der Waals surface area contributed by atoms with Gasteiger partial charge in [-0.1, -0.05) is 33.8 Å². The highest BCUT2D eigenvalue weighted by molar-refractivity contribution is 9.10. The quantitative estimate of drug-likeness (QED) is 0.738. The van der Waals surface area contributed by atoms with Gasteiger partial charge in [-0.25, -0.2) is 0 Å². The van der Waals surface area contributed by atoms with Gasteiger partial charge in [0.25, 0.3) is 5.22 Å². The zero-order valence-electron chi connectivity index (χ0n) is 12.2. The third-order valence-electron chi connectivity index (χ3n) is 2.63. The van der Waals surface area contributed by atoms with Gasteiger partial charge < -0.3 is 14.5 Å². The predicted octanol–water partition coefficient (Wildman–Crippen LogP) is 2.74. The number of carbonyl (C=O) groups is 1. The number of hydrogen-bond donors (Lipinski definition) is 1. The normalized spacial score (nSPS) is 12.1. The molecule has 1 amide bonds. The molecule has 0 aliphatic heterocycles. The summed E-state index contributed by atoms with van der Waals surface area (Å²) < 4.78 is 11.4. The van der Waals surface area contributed by atoms with E-state index in [2.05, 4.69) is 31.4 Å². The molecular formula is C14H16BrN3O3S. The first-order chi connectivity index (χ1) is 10.6. The maximum Gasteiger partial charge on any atom is 0.277 e. The van der Waals surface area contributed by atoms with E-state index in [-0.39, 0.29) is 17.7 Å². The summed E-state index contributed by atoms with van der Waals surface area (Å²) in [5.74, 6) is 0.544. The highest BCUT2D eigenvalue weighted by Crippen LogP contribution is 2.25. The molecule has 0 unspecified atom stereocenters. The molecule has 0 bridgehead atoms. The molecule has 1 heterocycles. The van der Waals surface area contributed by atoms with Crippen molar-refractivity contribution < 1.29 is 13.9 Å². The second-order valence-electron chi connectivity index (χ2n) is 4.60. The fourth-order valence-corrected chi connectivity index (χ4v) is 2.72. The van der Waals surface area contributed by atoms with Crippen LogP contribution in [0.1, 0.15) is 6.92 Å². The Labute approximate surface area is 141 Å². The molecule has 1 atom stereocenters.